The first-order valence-corrected chi connectivity index (χ1v) is 8.62. The minimum absolute atomic E-state index is 0.298. The number of nitrogens with one attached hydrogen (secondary N) is 1. The van der Waals surface area contributed by atoms with Crippen LogP contribution in [0.25, 0.3) is 0 Å². The topological polar surface area (TPSA) is 94.1 Å². The third-order valence-corrected chi connectivity index (χ3v) is 4.27. The van der Waals surface area contributed by atoms with Crippen LogP contribution in [-0.4, -0.2) is 36.3 Å². The molecule has 27 heavy (non-hydrogen) atoms. The van der Waals surface area contributed by atoms with E-state index in [0.29, 0.717) is 36.6 Å². The lowest BCUT2D eigenvalue weighted by molar-refractivity contribution is -0.151. The fourth-order valence-electron chi connectivity index (χ4n) is 2.82. The Kier molecular flexibility index (Phi) is 5.93. The van der Waals surface area contributed by atoms with Gasteiger partial charge in [0, 0.05) is 6.54 Å². The zero-order valence-corrected chi connectivity index (χ0v) is 14.9. The number of rotatable bonds is 7. The minimum atomic E-state index is -1.03. The number of methoxy groups -OCH3 is 1. The predicted molar refractivity (Wildman–Crippen MR) is 96.9 cm³/mol. The summed E-state index contributed by atoms with van der Waals surface area (Å²) in [5.41, 5.74) is 0.892. The number of carboxylic acids is 1. The lowest BCUT2D eigenvalue weighted by Gasteiger charge is -2.12. The molecule has 2 aromatic rings. The van der Waals surface area contributed by atoms with Crippen molar-refractivity contribution in [2.45, 2.75) is 31.6 Å². The number of para-hydroxylation sites is 2. The summed E-state index contributed by atoms with van der Waals surface area (Å²) in [5, 5.41) is 11.7. The maximum Gasteiger partial charge on any atom is 0.332 e. The second-order valence-electron chi connectivity index (χ2n) is 6.14. The first-order chi connectivity index (χ1) is 13.1. The van der Waals surface area contributed by atoms with Crippen LogP contribution in [0.2, 0.25) is 0 Å². The van der Waals surface area contributed by atoms with Gasteiger partial charge < -0.3 is 24.6 Å². The molecule has 0 bridgehead atoms. The van der Waals surface area contributed by atoms with Gasteiger partial charge in [0.2, 0.25) is 5.91 Å². The van der Waals surface area contributed by atoms with E-state index in [1.165, 1.54) is 0 Å². The van der Waals surface area contributed by atoms with Gasteiger partial charge in [-0.25, -0.2) is 4.79 Å². The highest BCUT2D eigenvalue weighted by Gasteiger charge is 2.34. The SMILES string of the molecule is COc1ccccc1Oc1ccc(CNC(=O)[C@@H]2CC[C@H](C(=O)O)O2)cc1. The lowest BCUT2D eigenvalue weighted by atomic mass is 10.1. The van der Waals surface area contributed by atoms with E-state index < -0.39 is 18.2 Å². The fourth-order valence-corrected chi connectivity index (χ4v) is 2.82. The van der Waals surface area contributed by atoms with E-state index in [9.17, 15) is 9.59 Å². The Morgan fingerprint density at radius 1 is 1.07 bits per heavy atom. The van der Waals surface area contributed by atoms with E-state index in [1.54, 1.807) is 19.2 Å². The van der Waals surface area contributed by atoms with Crippen molar-refractivity contribution < 1.29 is 28.9 Å². The summed E-state index contributed by atoms with van der Waals surface area (Å²) in [5.74, 6) is 0.583. The van der Waals surface area contributed by atoms with Gasteiger partial charge >= 0.3 is 5.97 Å². The molecule has 0 saturated carbocycles. The summed E-state index contributed by atoms with van der Waals surface area (Å²) in [6.07, 6.45) is -0.844. The number of aliphatic carboxylic acids is 1. The first-order valence-electron chi connectivity index (χ1n) is 8.62. The maximum absolute atomic E-state index is 12.1. The quantitative estimate of drug-likeness (QED) is 0.777. The van der Waals surface area contributed by atoms with Crippen molar-refractivity contribution in [1.82, 2.24) is 5.32 Å². The molecular weight excluding hydrogens is 350 g/mol. The van der Waals surface area contributed by atoms with Crippen LogP contribution in [0, 0.1) is 0 Å². The molecule has 2 N–H and O–H groups in total. The number of benzene rings is 2. The zero-order valence-electron chi connectivity index (χ0n) is 14.9. The van der Waals surface area contributed by atoms with Gasteiger partial charge in [-0.1, -0.05) is 24.3 Å². The lowest BCUT2D eigenvalue weighted by Crippen LogP contribution is -2.35. The van der Waals surface area contributed by atoms with Gasteiger partial charge in [0.1, 0.15) is 11.9 Å². The van der Waals surface area contributed by atoms with Crippen molar-refractivity contribution >= 4 is 11.9 Å². The molecule has 1 aliphatic heterocycles. The van der Waals surface area contributed by atoms with Crippen molar-refractivity contribution in [2.75, 3.05) is 7.11 Å². The standard InChI is InChI=1S/C20H21NO6/c1-25-15-4-2-3-5-16(15)26-14-8-6-13(7-9-14)12-21-19(22)17-10-11-18(27-17)20(23)24/h2-9,17-18H,10-12H2,1H3,(H,21,22)(H,23,24)/t17-,18+/m0/s1. The molecule has 0 spiro atoms. The Bertz CT molecular complexity index is 804. The Morgan fingerprint density at radius 3 is 2.37 bits per heavy atom. The van der Waals surface area contributed by atoms with Crippen molar-refractivity contribution in [1.29, 1.82) is 0 Å². The Labute approximate surface area is 156 Å². The third kappa shape index (κ3) is 4.77. The van der Waals surface area contributed by atoms with E-state index in [1.807, 2.05) is 36.4 Å². The molecule has 142 valence electrons. The monoisotopic (exact) mass is 371 g/mol. The van der Waals surface area contributed by atoms with E-state index in [-0.39, 0.29) is 5.91 Å². The number of carboxylic acid groups (broad SMARTS) is 1. The number of carbonyl (C=O) groups is 2. The molecule has 1 aliphatic rings. The molecule has 7 nitrogen and oxygen atoms in total. The van der Waals surface area contributed by atoms with E-state index in [0.717, 1.165) is 5.56 Å². The van der Waals surface area contributed by atoms with Gasteiger partial charge in [-0.3, -0.25) is 4.79 Å². The molecule has 1 amide bonds. The van der Waals surface area contributed by atoms with Gasteiger partial charge in [0.05, 0.1) is 7.11 Å². The predicted octanol–water partition coefficient (Wildman–Crippen LogP) is 2.74. The zero-order chi connectivity index (χ0) is 19.2. The molecule has 2 aromatic carbocycles. The molecule has 7 heteroatoms. The van der Waals surface area contributed by atoms with Crippen LogP contribution in [-0.2, 0) is 20.9 Å². The highest BCUT2D eigenvalue weighted by Crippen LogP contribution is 2.30. The van der Waals surface area contributed by atoms with Crippen molar-refractivity contribution in [2.24, 2.45) is 0 Å². The van der Waals surface area contributed by atoms with Crippen LogP contribution in [0.1, 0.15) is 18.4 Å². The minimum Gasteiger partial charge on any atom is -0.493 e. The molecule has 0 radical (unpaired) electrons. The van der Waals surface area contributed by atoms with Crippen molar-refractivity contribution in [3.8, 4) is 17.2 Å². The van der Waals surface area contributed by atoms with Crippen LogP contribution < -0.4 is 14.8 Å². The highest BCUT2D eigenvalue weighted by molar-refractivity contribution is 5.82. The van der Waals surface area contributed by atoms with Crippen molar-refractivity contribution in [3.05, 3.63) is 54.1 Å². The maximum atomic E-state index is 12.1. The highest BCUT2D eigenvalue weighted by atomic mass is 16.5. The molecule has 2 atom stereocenters. The third-order valence-electron chi connectivity index (χ3n) is 4.27. The number of hydrogen-bond donors (Lipinski definition) is 2. The van der Waals surface area contributed by atoms with Crippen LogP contribution >= 0.6 is 0 Å². The smallest absolute Gasteiger partial charge is 0.332 e. The van der Waals surface area contributed by atoms with E-state index >= 15 is 0 Å². The van der Waals surface area contributed by atoms with Gasteiger partial charge in [-0.15, -0.1) is 0 Å². The molecule has 1 heterocycles. The molecule has 0 aromatic heterocycles. The average molecular weight is 371 g/mol. The molecule has 0 aliphatic carbocycles. The summed E-state index contributed by atoms with van der Waals surface area (Å²) in [6, 6.07) is 14.7. The Hall–Kier alpha value is -3.06. The van der Waals surface area contributed by atoms with Gasteiger partial charge in [0.15, 0.2) is 17.6 Å². The van der Waals surface area contributed by atoms with Crippen LogP contribution in [0.5, 0.6) is 17.2 Å². The molecule has 0 unspecified atom stereocenters. The largest absolute Gasteiger partial charge is 0.493 e. The van der Waals surface area contributed by atoms with Crippen LogP contribution in [0.15, 0.2) is 48.5 Å². The summed E-state index contributed by atoms with van der Waals surface area (Å²) >= 11 is 0. The van der Waals surface area contributed by atoms with Crippen molar-refractivity contribution in [3.63, 3.8) is 0 Å². The second kappa shape index (κ2) is 8.55. The summed E-state index contributed by atoms with van der Waals surface area (Å²) < 4.78 is 16.3. The summed E-state index contributed by atoms with van der Waals surface area (Å²) in [6.45, 7) is 0.325. The van der Waals surface area contributed by atoms with Gasteiger partial charge in [0.25, 0.3) is 0 Å². The molecule has 3 rings (SSSR count). The van der Waals surface area contributed by atoms with Gasteiger partial charge in [-0.05, 0) is 42.7 Å². The second-order valence-corrected chi connectivity index (χ2v) is 6.14. The Balaban J connectivity index is 1.52. The van der Waals surface area contributed by atoms with Gasteiger partial charge in [-0.2, -0.15) is 0 Å². The van der Waals surface area contributed by atoms with Crippen LogP contribution in [0.3, 0.4) is 0 Å². The normalized spacial score (nSPS) is 18.7. The molecule has 1 fully saturated rings. The fraction of sp³-hybridized carbons (Fsp3) is 0.300. The van der Waals surface area contributed by atoms with E-state index in [2.05, 4.69) is 5.32 Å². The summed E-state index contributed by atoms with van der Waals surface area (Å²) in [7, 11) is 1.58. The van der Waals surface area contributed by atoms with Crippen LogP contribution in [0.4, 0.5) is 0 Å². The number of ether oxygens (including phenoxy) is 3. The number of carbonyl (C=O) groups excluding carboxylic acids is 1. The summed E-state index contributed by atoms with van der Waals surface area (Å²) in [4.78, 5) is 23.0. The average Bonchev–Trinajstić information content (AvgIpc) is 3.18. The molecule has 1 saturated heterocycles. The number of amides is 1. The van der Waals surface area contributed by atoms with E-state index in [4.69, 9.17) is 19.3 Å². The number of hydrogen-bond acceptors (Lipinski definition) is 5. The molecular formula is C20H21NO6. The Morgan fingerprint density at radius 2 is 1.74 bits per heavy atom. The first kappa shape index (κ1) is 18.7.